The van der Waals surface area contributed by atoms with E-state index in [2.05, 4.69) is 0 Å². The van der Waals surface area contributed by atoms with Crippen LogP contribution in [0.1, 0.15) is 36.2 Å². The predicted molar refractivity (Wildman–Crippen MR) is 70.2 cm³/mol. The number of nitrogens with two attached hydrogens (primary N) is 1. The smallest absolute Gasteiger partial charge is 0.398 e. The number of benzene rings is 1. The fraction of sp³-hybridized carbons (Fsp3) is 0.500. The van der Waals surface area contributed by atoms with E-state index in [1.165, 1.54) is 6.07 Å². The molecule has 20 heavy (non-hydrogen) atoms. The van der Waals surface area contributed by atoms with Gasteiger partial charge >= 0.3 is 6.18 Å². The van der Waals surface area contributed by atoms with E-state index in [-0.39, 0.29) is 22.6 Å². The Morgan fingerprint density at radius 2 is 2.00 bits per heavy atom. The maximum Gasteiger partial charge on any atom is 0.418 e. The van der Waals surface area contributed by atoms with Crippen molar-refractivity contribution in [3.05, 3.63) is 29.3 Å². The van der Waals surface area contributed by atoms with Crippen LogP contribution in [0.5, 0.6) is 0 Å². The maximum atomic E-state index is 12.8. The molecule has 1 heterocycles. The van der Waals surface area contributed by atoms with Crippen LogP contribution in [0.3, 0.4) is 0 Å². The first kappa shape index (κ1) is 14.7. The van der Waals surface area contributed by atoms with Crippen LogP contribution in [0.15, 0.2) is 18.2 Å². The summed E-state index contributed by atoms with van der Waals surface area (Å²) in [6.45, 7) is 5.18. The molecule has 1 amide bonds. The third-order valence-electron chi connectivity index (χ3n) is 3.57. The highest BCUT2D eigenvalue weighted by Gasteiger charge is 2.36. The Bertz CT molecular complexity index is 538. The third kappa shape index (κ3) is 2.89. The zero-order valence-corrected chi connectivity index (χ0v) is 11.4. The number of nitrogen functional groups attached to an aromatic ring is 1. The number of halogens is 3. The molecule has 2 N–H and O–H groups in total. The Kier molecular flexibility index (Phi) is 3.44. The molecule has 0 aliphatic carbocycles. The van der Waals surface area contributed by atoms with Crippen LogP contribution in [0.25, 0.3) is 0 Å². The zero-order valence-electron chi connectivity index (χ0n) is 11.4. The zero-order chi connectivity index (χ0) is 15.1. The van der Waals surface area contributed by atoms with E-state index in [4.69, 9.17) is 5.73 Å². The van der Waals surface area contributed by atoms with Crippen LogP contribution in [-0.4, -0.2) is 23.9 Å². The summed E-state index contributed by atoms with van der Waals surface area (Å²) in [6, 6.07) is 3.32. The van der Waals surface area contributed by atoms with Crippen LogP contribution in [0, 0.1) is 5.41 Å². The largest absolute Gasteiger partial charge is 0.418 e. The van der Waals surface area contributed by atoms with Gasteiger partial charge in [-0.1, -0.05) is 13.8 Å². The van der Waals surface area contributed by atoms with E-state index in [1.54, 1.807) is 4.90 Å². The molecule has 2 rings (SSSR count). The quantitative estimate of drug-likeness (QED) is 0.806. The van der Waals surface area contributed by atoms with Gasteiger partial charge in [0, 0.05) is 24.3 Å². The van der Waals surface area contributed by atoms with Crippen molar-refractivity contribution in [2.75, 3.05) is 18.8 Å². The van der Waals surface area contributed by atoms with E-state index < -0.39 is 11.7 Å². The molecule has 1 saturated heterocycles. The van der Waals surface area contributed by atoms with E-state index >= 15 is 0 Å². The molecule has 1 aromatic carbocycles. The summed E-state index contributed by atoms with van der Waals surface area (Å²) in [7, 11) is 0. The van der Waals surface area contributed by atoms with E-state index in [0.29, 0.717) is 13.1 Å². The first-order chi connectivity index (χ1) is 9.10. The Hall–Kier alpha value is -1.72. The van der Waals surface area contributed by atoms with Crippen LogP contribution >= 0.6 is 0 Å². The average Bonchev–Trinajstić information content (AvgIpc) is 2.68. The highest BCUT2D eigenvalue weighted by atomic mass is 19.4. The lowest BCUT2D eigenvalue weighted by Gasteiger charge is -2.20. The summed E-state index contributed by atoms with van der Waals surface area (Å²) in [6.07, 6.45) is -3.70. The van der Waals surface area contributed by atoms with Crippen LogP contribution in [-0.2, 0) is 6.18 Å². The summed E-state index contributed by atoms with van der Waals surface area (Å²) >= 11 is 0. The number of carbonyl (C=O) groups is 1. The number of carbonyl (C=O) groups excluding carboxylic acids is 1. The maximum absolute atomic E-state index is 12.8. The molecule has 0 atom stereocenters. The van der Waals surface area contributed by atoms with Gasteiger partial charge in [0.15, 0.2) is 0 Å². The number of hydrogen-bond donors (Lipinski definition) is 1. The van der Waals surface area contributed by atoms with E-state index in [9.17, 15) is 18.0 Å². The molecule has 110 valence electrons. The van der Waals surface area contributed by atoms with Gasteiger partial charge in [-0.25, -0.2) is 0 Å². The minimum Gasteiger partial charge on any atom is -0.398 e. The summed E-state index contributed by atoms with van der Waals surface area (Å²) in [4.78, 5) is 13.8. The molecule has 6 heteroatoms. The highest BCUT2D eigenvalue weighted by Crippen LogP contribution is 2.35. The summed E-state index contributed by atoms with van der Waals surface area (Å²) in [5, 5.41) is 0. The SMILES string of the molecule is CC1(C)CCN(C(=O)c2ccc(N)c(C(F)(F)F)c2)C1. The minimum atomic E-state index is -4.55. The Morgan fingerprint density at radius 3 is 2.50 bits per heavy atom. The second kappa shape index (κ2) is 4.68. The van der Waals surface area contributed by atoms with Crippen molar-refractivity contribution >= 4 is 11.6 Å². The molecule has 0 bridgehead atoms. The average molecular weight is 286 g/mol. The molecule has 0 unspecified atom stereocenters. The first-order valence-electron chi connectivity index (χ1n) is 6.36. The highest BCUT2D eigenvalue weighted by molar-refractivity contribution is 5.95. The number of amides is 1. The van der Waals surface area contributed by atoms with Gasteiger partial charge in [-0.2, -0.15) is 13.2 Å². The van der Waals surface area contributed by atoms with E-state index in [0.717, 1.165) is 18.6 Å². The standard InChI is InChI=1S/C14H17F3N2O/c1-13(2)5-6-19(8-13)12(20)9-3-4-11(18)10(7-9)14(15,16)17/h3-4,7H,5-6,8,18H2,1-2H3. The van der Waals surface area contributed by atoms with Crippen molar-refractivity contribution in [2.45, 2.75) is 26.4 Å². The predicted octanol–water partition coefficient (Wildman–Crippen LogP) is 3.16. The Labute approximate surface area is 115 Å². The molecule has 3 nitrogen and oxygen atoms in total. The fourth-order valence-corrected chi connectivity index (χ4v) is 2.40. The minimum absolute atomic E-state index is 0.0102. The van der Waals surface area contributed by atoms with Gasteiger partial charge in [0.2, 0.25) is 0 Å². The number of alkyl halides is 3. The lowest BCUT2D eigenvalue weighted by molar-refractivity contribution is -0.136. The fourth-order valence-electron chi connectivity index (χ4n) is 2.40. The molecule has 0 saturated carbocycles. The van der Waals surface area contributed by atoms with Crippen molar-refractivity contribution in [1.29, 1.82) is 0 Å². The third-order valence-corrected chi connectivity index (χ3v) is 3.57. The van der Waals surface area contributed by atoms with Gasteiger partial charge in [-0.3, -0.25) is 4.79 Å². The number of rotatable bonds is 1. The monoisotopic (exact) mass is 286 g/mol. The molecule has 0 radical (unpaired) electrons. The number of nitrogens with zero attached hydrogens (tertiary/aromatic N) is 1. The molecule has 0 aromatic heterocycles. The van der Waals surface area contributed by atoms with Gasteiger partial charge in [0.05, 0.1) is 5.56 Å². The van der Waals surface area contributed by atoms with Gasteiger partial charge in [-0.15, -0.1) is 0 Å². The lowest BCUT2D eigenvalue weighted by Crippen LogP contribution is -2.30. The molecule has 1 aliphatic heterocycles. The molecule has 1 fully saturated rings. The lowest BCUT2D eigenvalue weighted by atomic mass is 9.93. The topological polar surface area (TPSA) is 46.3 Å². The van der Waals surface area contributed by atoms with Crippen LogP contribution < -0.4 is 5.73 Å². The normalized spacial score (nSPS) is 18.4. The van der Waals surface area contributed by atoms with Crippen molar-refractivity contribution < 1.29 is 18.0 Å². The first-order valence-corrected chi connectivity index (χ1v) is 6.36. The summed E-state index contributed by atoms with van der Waals surface area (Å²) in [5.41, 5.74) is 4.05. The number of hydrogen-bond acceptors (Lipinski definition) is 2. The second-order valence-corrected chi connectivity index (χ2v) is 5.94. The van der Waals surface area contributed by atoms with Crippen molar-refractivity contribution in [2.24, 2.45) is 5.41 Å². The summed E-state index contributed by atoms with van der Waals surface area (Å²) < 4.78 is 38.4. The Morgan fingerprint density at radius 1 is 1.35 bits per heavy atom. The molecule has 1 aliphatic rings. The van der Waals surface area contributed by atoms with Crippen molar-refractivity contribution in [1.82, 2.24) is 4.90 Å². The molecule has 1 aromatic rings. The molecular formula is C14H17F3N2O. The van der Waals surface area contributed by atoms with Crippen molar-refractivity contribution in [3.8, 4) is 0 Å². The van der Waals surface area contributed by atoms with Gasteiger partial charge in [0.1, 0.15) is 0 Å². The van der Waals surface area contributed by atoms with Crippen LogP contribution in [0.4, 0.5) is 18.9 Å². The Balaban J connectivity index is 2.28. The molecular weight excluding hydrogens is 269 g/mol. The van der Waals surface area contributed by atoms with E-state index in [1.807, 2.05) is 13.8 Å². The van der Waals surface area contributed by atoms with Crippen LogP contribution in [0.2, 0.25) is 0 Å². The molecule has 0 spiro atoms. The summed E-state index contributed by atoms with van der Waals surface area (Å²) in [5.74, 6) is -0.374. The van der Waals surface area contributed by atoms with Crippen molar-refractivity contribution in [3.63, 3.8) is 0 Å². The van der Waals surface area contributed by atoms with Gasteiger partial charge < -0.3 is 10.6 Å². The second-order valence-electron chi connectivity index (χ2n) is 5.94. The number of anilines is 1. The van der Waals surface area contributed by atoms with Gasteiger partial charge in [0.25, 0.3) is 5.91 Å². The number of likely N-dealkylation sites (tertiary alicyclic amines) is 1. The van der Waals surface area contributed by atoms with Gasteiger partial charge in [-0.05, 0) is 30.0 Å².